The minimum Gasteiger partial charge on any atom is -0.497 e. The van der Waals surface area contributed by atoms with Crippen LogP contribution >= 0.6 is 0 Å². The van der Waals surface area contributed by atoms with Crippen molar-refractivity contribution in [2.24, 2.45) is 5.92 Å². The number of ether oxygens (including phenoxy) is 1. The van der Waals surface area contributed by atoms with Crippen molar-refractivity contribution in [1.29, 1.82) is 0 Å². The third kappa shape index (κ3) is 4.85. The number of anilines is 1. The van der Waals surface area contributed by atoms with E-state index in [1.165, 1.54) is 0 Å². The summed E-state index contributed by atoms with van der Waals surface area (Å²) in [5.41, 5.74) is 1.80. The zero-order valence-electron chi connectivity index (χ0n) is 17.7. The number of urea groups is 1. The van der Waals surface area contributed by atoms with Gasteiger partial charge in [0.05, 0.1) is 12.4 Å². The van der Waals surface area contributed by atoms with Crippen LogP contribution in [0.25, 0.3) is 0 Å². The van der Waals surface area contributed by atoms with Gasteiger partial charge in [-0.05, 0) is 42.9 Å². The fraction of sp³-hybridized carbons (Fsp3) is 0.435. The number of sulfonamides is 1. The van der Waals surface area contributed by atoms with E-state index < -0.39 is 15.3 Å². The summed E-state index contributed by atoms with van der Waals surface area (Å²) in [5.74, 6) is 0.736. The van der Waals surface area contributed by atoms with Gasteiger partial charge in [-0.1, -0.05) is 36.4 Å². The second kappa shape index (κ2) is 9.28. The topological polar surface area (TPSA) is 79.0 Å². The molecule has 0 saturated carbocycles. The number of rotatable bonds is 5. The van der Waals surface area contributed by atoms with E-state index in [1.54, 1.807) is 22.4 Å². The van der Waals surface area contributed by atoms with Gasteiger partial charge in [0.15, 0.2) is 0 Å². The van der Waals surface area contributed by atoms with Crippen LogP contribution in [0.1, 0.15) is 18.4 Å². The van der Waals surface area contributed by atoms with Crippen LogP contribution < -0.4 is 10.1 Å². The molecule has 7 nitrogen and oxygen atoms in total. The lowest BCUT2D eigenvalue weighted by atomic mass is 10.0. The summed E-state index contributed by atoms with van der Waals surface area (Å²) in [7, 11) is -1.76. The monoisotopic (exact) mass is 443 g/mol. The van der Waals surface area contributed by atoms with Crippen molar-refractivity contribution >= 4 is 21.7 Å². The van der Waals surface area contributed by atoms with Gasteiger partial charge in [-0.25, -0.2) is 17.5 Å². The Kier molecular flexibility index (Phi) is 6.48. The van der Waals surface area contributed by atoms with Gasteiger partial charge < -0.3 is 15.0 Å². The van der Waals surface area contributed by atoms with E-state index in [1.807, 2.05) is 48.5 Å². The summed E-state index contributed by atoms with van der Waals surface area (Å²) in [5, 5.41) is 2.49. The highest BCUT2D eigenvalue weighted by Gasteiger charge is 2.46. The molecule has 0 unspecified atom stereocenters. The summed E-state index contributed by atoms with van der Waals surface area (Å²) < 4.78 is 33.1. The Morgan fingerprint density at radius 3 is 2.65 bits per heavy atom. The number of nitrogens with zero attached hydrogens (tertiary/aromatic N) is 2. The SMILES string of the molecule is COc1cccc(NC(=O)N2CC[C@@H]3CN(CCc4ccccc4)S(=O)(=O)[C@@H]3CC2)c1. The third-order valence-electron chi connectivity index (χ3n) is 6.26. The number of hydrogen-bond acceptors (Lipinski definition) is 4. The van der Waals surface area contributed by atoms with Crippen LogP contribution in [0, 0.1) is 5.92 Å². The number of fused-ring (bicyclic) bond motifs is 1. The average Bonchev–Trinajstić information content (AvgIpc) is 2.91. The highest BCUT2D eigenvalue weighted by Crippen LogP contribution is 2.34. The standard InChI is InChI=1S/C23H29N3O4S/c1-30-21-9-5-8-20(16-21)24-23(27)25-13-11-19-17-26(31(28,29)22(19)12-14-25)15-10-18-6-3-2-4-7-18/h2-9,16,19,22H,10-15,17H2,1H3,(H,24,27)/t19-,22-/m1/s1. The maximum absolute atomic E-state index is 13.1. The lowest BCUT2D eigenvalue weighted by Gasteiger charge is -2.22. The van der Waals surface area contributed by atoms with E-state index in [4.69, 9.17) is 4.74 Å². The summed E-state index contributed by atoms with van der Waals surface area (Å²) in [6, 6.07) is 17.0. The molecule has 4 rings (SSSR count). The first-order chi connectivity index (χ1) is 15.0. The lowest BCUT2D eigenvalue weighted by molar-refractivity contribution is 0.212. The number of methoxy groups -OCH3 is 1. The predicted octanol–water partition coefficient (Wildman–Crippen LogP) is 3.20. The van der Waals surface area contributed by atoms with E-state index >= 15 is 0 Å². The van der Waals surface area contributed by atoms with Crippen molar-refractivity contribution in [2.45, 2.75) is 24.5 Å². The molecule has 0 radical (unpaired) electrons. The maximum atomic E-state index is 13.1. The van der Waals surface area contributed by atoms with Crippen molar-refractivity contribution in [3.05, 3.63) is 60.2 Å². The van der Waals surface area contributed by atoms with Gasteiger partial charge in [0.2, 0.25) is 10.0 Å². The molecule has 0 spiro atoms. The van der Waals surface area contributed by atoms with E-state index in [2.05, 4.69) is 5.32 Å². The zero-order valence-corrected chi connectivity index (χ0v) is 18.6. The molecule has 0 aromatic heterocycles. The Balaban J connectivity index is 1.36. The van der Waals surface area contributed by atoms with Crippen LogP contribution in [-0.4, -0.2) is 62.2 Å². The fourth-order valence-corrected chi connectivity index (χ4v) is 6.76. The minimum atomic E-state index is -3.34. The molecule has 2 aliphatic heterocycles. The maximum Gasteiger partial charge on any atom is 0.321 e. The van der Waals surface area contributed by atoms with Crippen LogP contribution in [0.5, 0.6) is 5.75 Å². The number of nitrogens with one attached hydrogen (secondary N) is 1. The van der Waals surface area contributed by atoms with Gasteiger partial charge in [-0.15, -0.1) is 0 Å². The van der Waals surface area contributed by atoms with Crippen LogP contribution in [0.2, 0.25) is 0 Å². The molecule has 1 N–H and O–H groups in total. The molecule has 2 heterocycles. The second-order valence-electron chi connectivity index (χ2n) is 8.16. The Bertz CT molecular complexity index is 1010. The normalized spacial score (nSPS) is 23.1. The van der Waals surface area contributed by atoms with Crippen molar-refractivity contribution in [1.82, 2.24) is 9.21 Å². The van der Waals surface area contributed by atoms with E-state index in [0.717, 1.165) is 5.56 Å². The van der Waals surface area contributed by atoms with Crippen LogP contribution in [0.3, 0.4) is 0 Å². The molecule has 0 bridgehead atoms. The molecule has 2 amide bonds. The van der Waals surface area contributed by atoms with Crippen LogP contribution in [-0.2, 0) is 16.4 Å². The fourth-order valence-electron chi connectivity index (χ4n) is 4.52. The minimum absolute atomic E-state index is 0.0652. The number of likely N-dealkylation sites (tertiary alicyclic amines) is 1. The summed E-state index contributed by atoms with van der Waals surface area (Å²) in [6.45, 7) is 2.05. The Morgan fingerprint density at radius 2 is 1.87 bits per heavy atom. The predicted molar refractivity (Wildman–Crippen MR) is 121 cm³/mol. The van der Waals surface area contributed by atoms with Crippen LogP contribution in [0.4, 0.5) is 10.5 Å². The van der Waals surface area contributed by atoms with Gasteiger partial charge in [0.1, 0.15) is 5.75 Å². The molecule has 166 valence electrons. The van der Waals surface area contributed by atoms with Gasteiger partial charge in [-0.2, -0.15) is 0 Å². The summed E-state index contributed by atoms with van der Waals surface area (Å²) in [6.07, 6.45) is 1.88. The molecular formula is C23H29N3O4S. The lowest BCUT2D eigenvalue weighted by Crippen LogP contribution is -2.37. The second-order valence-corrected chi connectivity index (χ2v) is 10.3. The number of benzene rings is 2. The zero-order chi connectivity index (χ0) is 21.8. The third-order valence-corrected chi connectivity index (χ3v) is 8.70. The number of hydrogen-bond donors (Lipinski definition) is 1. The smallest absolute Gasteiger partial charge is 0.321 e. The van der Waals surface area contributed by atoms with E-state index in [9.17, 15) is 13.2 Å². The average molecular weight is 444 g/mol. The molecule has 2 aromatic carbocycles. The molecule has 2 saturated heterocycles. The molecular weight excluding hydrogens is 414 g/mol. The first kappa shape index (κ1) is 21.6. The summed E-state index contributed by atoms with van der Waals surface area (Å²) >= 11 is 0. The van der Waals surface area contributed by atoms with Gasteiger partial charge in [-0.3, -0.25) is 0 Å². The number of carbonyl (C=O) groups excluding carboxylic acids is 1. The van der Waals surface area contributed by atoms with Gasteiger partial charge in [0, 0.05) is 37.9 Å². The molecule has 0 aliphatic carbocycles. The van der Waals surface area contributed by atoms with E-state index in [-0.39, 0.29) is 11.9 Å². The molecule has 2 aromatic rings. The quantitative estimate of drug-likeness (QED) is 0.770. The first-order valence-electron chi connectivity index (χ1n) is 10.7. The Morgan fingerprint density at radius 1 is 1.10 bits per heavy atom. The van der Waals surface area contributed by atoms with Crippen molar-refractivity contribution < 1.29 is 17.9 Å². The Hall–Kier alpha value is -2.58. The first-order valence-corrected chi connectivity index (χ1v) is 12.2. The van der Waals surface area contributed by atoms with E-state index in [0.29, 0.717) is 56.9 Å². The molecule has 8 heteroatoms. The number of amides is 2. The van der Waals surface area contributed by atoms with Crippen molar-refractivity contribution in [3.8, 4) is 5.75 Å². The molecule has 2 atom stereocenters. The van der Waals surface area contributed by atoms with Gasteiger partial charge in [0.25, 0.3) is 0 Å². The van der Waals surface area contributed by atoms with Gasteiger partial charge >= 0.3 is 6.03 Å². The highest BCUT2D eigenvalue weighted by molar-refractivity contribution is 7.90. The van der Waals surface area contributed by atoms with Crippen molar-refractivity contribution in [3.63, 3.8) is 0 Å². The van der Waals surface area contributed by atoms with Crippen molar-refractivity contribution in [2.75, 3.05) is 38.6 Å². The molecule has 2 aliphatic rings. The molecule has 31 heavy (non-hydrogen) atoms. The summed E-state index contributed by atoms with van der Waals surface area (Å²) in [4.78, 5) is 14.5. The molecule has 2 fully saturated rings. The highest BCUT2D eigenvalue weighted by atomic mass is 32.2. The number of carbonyl (C=O) groups is 1. The Labute approximate surface area is 184 Å². The largest absolute Gasteiger partial charge is 0.497 e. The van der Waals surface area contributed by atoms with Crippen LogP contribution in [0.15, 0.2) is 54.6 Å².